The van der Waals surface area contributed by atoms with Gasteiger partial charge in [-0.25, -0.2) is 0 Å². The average molecular weight is 253 g/mol. The van der Waals surface area contributed by atoms with Gasteiger partial charge in [-0.1, -0.05) is 31.2 Å². The first-order chi connectivity index (χ1) is 8.69. The van der Waals surface area contributed by atoms with Gasteiger partial charge in [0.25, 0.3) is 0 Å². The third-order valence-electron chi connectivity index (χ3n) is 3.16. The zero-order chi connectivity index (χ0) is 13.8. The van der Waals surface area contributed by atoms with Crippen molar-refractivity contribution in [2.75, 3.05) is 20.3 Å². The summed E-state index contributed by atoms with van der Waals surface area (Å²) in [6.45, 7) is 10.5. The van der Waals surface area contributed by atoms with E-state index in [1.807, 2.05) is 0 Å². The fraction of sp³-hybridized carbons (Fsp3) is 0.750. The van der Waals surface area contributed by atoms with Crippen LogP contribution in [0, 0.1) is 11.8 Å². The molecule has 3 unspecified atom stereocenters. The summed E-state index contributed by atoms with van der Waals surface area (Å²) in [5.74, 6) is 1.02. The molecule has 106 valence electrons. The average Bonchev–Trinajstić information content (AvgIpc) is 2.35. The molecular formula is C16H31NO. The van der Waals surface area contributed by atoms with Crippen molar-refractivity contribution in [2.24, 2.45) is 11.8 Å². The van der Waals surface area contributed by atoms with Gasteiger partial charge in [-0.3, -0.25) is 0 Å². The summed E-state index contributed by atoms with van der Waals surface area (Å²) >= 11 is 0. The number of hydrogen-bond acceptors (Lipinski definition) is 2. The molecule has 0 heterocycles. The summed E-state index contributed by atoms with van der Waals surface area (Å²) in [6.07, 6.45) is 11.2. The Kier molecular flexibility index (Phi) is 11.1. The molecule has 0 saturated carbocycles. The third-order valence-corrected chi connectivity index (χ3v) is 3.16. The highest BCUT2D eigenvalue weighted by Crippen LogP contribution is 2.21. The first kappa shape index (κ1) is 17.4. The van der Waals surface area contributed by atoms with Crippen LogP contribution in [0.3, 0.4) is 0 Å². The van der Waals surface area contributed by atoms with Crippen LogP contribution in [0.4, 0.5) is 0 Å². The Labute approximate surface area is 113 Å². The van der Waals surface area contributed by atoms with Crippen LogP contribution in [0.2, 0.25) is 0 Å². The Morgan fingerprint density at radius 1 is 1.11 bits per heavy atom. The number of methoxy groups -OCH3 is 1. The molecule has 3 atom stereocenters. The topological polar surface area (TPSA) is 21.3 Å². The van der Waals surface area contributed by atoms with Gasteiger partial charge < -0.3 is 10.1 Å². The third kappa shape index (κ3) is 7.67. The van der Waals surface area contributed by atoms with Gasteiger partial charge in [0, 0.05) is 19.1 Å². The van der Waals surface area contributed by atoms with E-state index in [2.05, 4.69) is 57.3 Å². The van der Waals surface area contributed by atoms with Crippen LogP contribution in [0.5, 0.6) is 0 Å². The van der Waals surface area contributed by atoms with E-state index in [9.17, 15) is 0 Å². The SMILES string of the molecule is C/C=C\C(COC)C(/C=C\C)CC(C)NCCC. The molecule has 0 aromatic rings. The van der Waals surface area contributed by atoms with Crippen molar-refractivity contribution in [3.8, 4) is 0 Å². The number of ether oxygens (including phenoxy) is 1. The summed E-state index contributed by atoms with van der Waals surface area (Å²) in [5.41, 5.74) is 0. The van der Waals surface area contributed by atoms with Gasteiger partial charge in [0.2, 0.25) is 0 Å². The van der Waals surface area contributed by atoms with Gasteiger partial charge >= 0.3 is 0 Å². The van der Waals surface area contributed by atoms with Gasteiger partial charge in [0.05, 0.1) is 6.61 Å². The highest BCUT2D eigenvalue weighted by molar-refractivity contribution is 4.99. The molecule has 0 aromatic carbocycles. The molecule has 0 aliphatic carbocycles. The van der Waals surface area contributed by atoms with E-state index in [1.165, 1.54) is 6.42 Å². The van der Waals surface area contributed by atoms with Crippen molar-refractivity contribution in [1.29, 1.82) is 0 Å². The van der Waals surface area contributed by atoms with Gasteiger partial charge in [-0.2, -0.15) is 0 Å². The van der Waals surface area contributed by atoms with E-state index in [0.717, 1.165) is 19.6 Å². The van der Waals surface area contributed by atoms with Gasteiger partial charge in [-0.15, -0.1) is 0 Å². The van der Waals surface area contributed by atoms with Crippen LogP contribution < -0.4 is 5.32 Å². The Morgan fingerprint density at radius 2 is 1.72 bits per heavy atom. The van der Waals surface area contributed by atoms with E-state index in [4.69, 9.17) is 4.74 Å². The Hall–Kier alpha value is -0.600. The number of rotatable bonds is 10. The molecule has 0 radical (unpaired) electrons. The van der Waals surface area contributed by atoms with Gasteiger partial charge in [0.15, 0.2) is 0 Å². The minimum atomic E-state index is 0.474. The van der Waals surface area contributed by atoms with Crippen LogP contribution >= 0.6 is 0 Å². The van der Waals surface area contributed by atoms with E-state index >= 15 is 0 Å². The minimum absolute atomic E-state index is 0.474. The standard InChI is InChI=1S/C16H31NO/c1-6-9-15(12-14(4)17-11-8-3)16(10-7-2)13-18-5/h6-7,9-10,14-17H,8,11-13H2,1-5H3/b9-6-,10-7-. The summed E-state index contributed by atoms with van der Waals surface area (Å²) in [4.78, 5) is 0. The van der Waals surface area contributed by atoms with Crippen molar-refractivity contribution in [3.05, 3.63) is 24.3 Å². The largest absolute Gasteiger partial charge is 0.384 e. The number of nitrogens with one attached hydrogen (secondary N) is 1. The van der Waals surface area contributed by atoms with Crippen molar-refractivity contribution < 1.29 is 4.74 Å². The molecule has 2 heteroatoms. The minimum Gasteiger partial charge on any atom is -0.384 e. The van der Waals surface area contributed by atoms with Crippen molar-refractivity contribution in [1.82, 2.24) is 5.32 Å². The Balaban J connectivity index is 4.50. The van der Waals surface area contributed by atoms with E-state index in [-0.39, 0.29) is 0 Å². The Morgan fingerprint density at radius 3 is 2.22 bits per heavy atom. The molecule has 0 spiro atoms. The molecule has 0 bridgehead atoms. The lowest BCUT2D eigenvalue weighted by Crippen LogP contribution is -2.31. The lowest BCUT2D eigenvalue weighted by Gasteiger charge is -2.25. The summed E-state index contributed by atoms with van der Waals surface area (Å²) < 4.78 is 5.34. The second-order valence-electron chi connectivity index (χ2n) is 4.93. The van der Waals surface area contributed by atoms with Gasteiger partial charge in [-0.05, 0) is 46.1 Å². The second-order valence-corrected chi connectivity index (χ2v) is 4.93. The van der Waals surface area contributed by atoms with Gasteiger partial charge in [0.1, 0.15) is 0 Å². The normalized spacial score (nSPS) is 17.4. The lowest BCUT2D eigenvalue weighted by atomic mass is 9.86. The maximum atomic E-state index is 5.34. The van der Waals surface area contributed by atoms with Crippen LogP contribution in [0.1, 0.15) is 40.5 Å². The molecule has 0 amide bonds. The maximum absolute atomic E-state index is 5.34. The number of allylic oxidation sites excluding steroid dienone is 3. The van der Waals surface area contributed by atoms with Crippen molar-refractivity contribution in [3.63, 3.8) is 0 Å². The monoisotopic (exact) mass is 253 g/mol. The lowest BCUT2D eigenvalue weighted by molar-refractivity contribution is 0.148. The zero-order valence-corrected chi connectivity index (χ0v) is 12.8. The molecule has 2 nitrogen and oxygen atoms in total. The quantitative estimate of drug-likeness (QED) is 0.598. The summed E-state index contributed by atoms with van der Waals surface area (Å²) in [5, 5.41) is 3.56. The zero-order valence-electron chi connectivity index (χ0n) is 12.8. The first-order valence-corrected chi connectivity index (χ1v) is 7.17. The second kappa shape index (κ2) is 11.5. The smallest absolute Gasteiger partial charge is 0.0530 e. The van der Waals surface area contributed by atoms with Crippen molar-refractivity contribution >= 4 is 0 Å². The van der Waals surface area contributed by atoms with Crippen LogP contribution in [0.15, 0.2) is 24.3 Å². The maximum Gasteiger partial charge on any atom is 0.0530 e. The molecule has 0 rings (SSSR count). The summed E-state index contributed by atoms with van der Waals surface area (Å²) in [7, 11) is 1.78. The molecule has 0 aliphatic rings. The molecule has 0 fully saturated rings. The first-order valence-electron chi connectivity index (χ1n) is 7.17. The van der Waals surface area contributed by atoms with E-state index in [1.54, 1.807) is 7.11 Å². The summed E-state index contributed by atoms with van der Waals surface area (Å²) in [6, 6.07) is 0.552. The highest BCUT2D eigenvalue weighted by atomic mass is 16.5. The molecule has 1 N–H and O–H groups in total. The highest BCUT2D eigenvalue weighted by Gasteiger charge is 2.18. The van der Waals surface area contributed by atoms with Crippen LogP contribution in [0.25, 0.3) is 0 Å². The molecule has 18 heavy (non-hydrogen) atoms. The van der Waals surface area contributed by atoms with Crippen LogP contribution in [-0.4, -0.2) is 26.3 Å². The molecule has 0 saturated heterocycles. The predicted molar refractivity (Wildman–Crippen MR) is 80.9 cm³/mol. The number of hydrogen-bond donors (Lipinski definition) is 1. The molecule has 0 aliphatic heterocycles. The molecular weight excluding hydrogens is 222 g/mol. The predicted octanol–water partition coefficient (Wildman–Crippen LogP) is 3.80. The fourth-order valence-electron chi connectivity index (χ4n) is 2.29. The van der Waals surface area contributed by atoms with Crippen LogP contribution in [-0.2, 0) is 4.74 Å². The van der Waals surface area contributed by atoms with E-state index < -0.39 is 0 Å². The van der Waals surface area contributed by atoms with E-state index in [0.29, 0.717) is 17.9 Å². The van der Waals surface area contributed by atoms with Crippen molar-refractivity contribution in [2.45, 2.75) is 46.6 Å². The Bertz CT molecular complexity index is 235. The molecule has 0 aromatic heterocycles. The fourth-order valence-corrected chi connectivity index (χ4v) is 2.29.